The smallest absolute Gasteiger partial charge is 0.221 e. The van der Waals surface area contributed by atoms with Crippen molar-refractivity contribution in [3.63, 3.8) is 0 Å². The van der Waals surface area contributed by atoms with Crippen LogP contribution in [0.15, 0.2) is 48.7 Å². The highest BCUT2D eigenvalue weighted by Gasteiger charge is 2.06. The van der Waals surface area contributed by atoms with Crippen LogP contribution in [0.5, 0.6) is 5.75 Å². The van der Waals surface area contributed by atoms with Crippen molar-refractivity contribution in [2.75, 3.05) is 11.9 Å². The molecule has 0 spiro atoms. The number of aromatic amines is 1. The number of anilines is 1. The molecule has 0 radical (unpaired) electrons. The van der Waals surface area contributed by atoms with E-state index in [1.54, 1.807) is 30.5 Å². The number of rotatable bonds is 5. The van der Waals surface area contributed by atoms with Crippen molar-refractivity contribution in [3.05, 3.63) is 59.8 Å². The first-order chi connectivity index (χ1) is 11.7. The zero-order chi connectivity index (χ0) is 16.9. The zero-order valence-corrected chi connectivity index (χ0v) is 13.3. The molecule has 3 aromatic rings. The normalized spacial score (nSPS) is 10.3. The lowest BCUT2D eigenvalue weighted by molar-refractivity contribution is -0.114. The van der Waals surface area contributed by atoms with Gasteiger partial charge in [-0.3, -0.25) is 4.79 Å². The van der Waals surface area contributed by atoms with Gasteiger partial charge in [0.05, 0.1) is 23.9 Å². The third-order valence-corrected chi connectivity index (χ3v) is 3.70. The van der Waals surface area contributed by atoms with E-state index in [9.17, 15) is 4.79 Å². The Morgan fingerprint density at radius 3 is 2.75 bits per heavy atom. The number of fused-ring (bicyclic) bond motifs is 1. The molecule has 120 valence electrons. The summed E-state index contributed by atoms with van der Waals surface area (Å²) in [5.74, 6) is 0.654. The first kappa shape index (κ1) is 15.6. The summed E-state index contributed by atoms with van der Waals surface area (Å²) in [6.07, 6.45) is 2.55. The summed E-state index contributed by atoms with van der Waals surface area (Å²) in [6, 6.07) is 15.2. The fourth-order valence-electron chi connectivity index (χ4n) is 2.53. The summed E-state index contributed by atoms with van der Waals surface area (Å²) in [5.41, 5.74) is 3.51. The minimum atomic E-state index is -0.0922. The van der Waals surface area contributed by atoms with Crippen molar-refractivity contribution in [2.24, 2.45) is 0 Å². The standard InChI is InChI=1S/C19H17N3O2/c1-13(23)22-19-12-21-18-7-4-14(10-17(18)19)8-9-24-16-5-2-15(11-20)3-6-16/h2-7,10,12,21H,8-9H2,1H3,(H,22,23). The molecule has 0 bridgehead atoms. The SMILES string of the molecule is CC(=O)Nc1c[nH]c2ccc(CCOc3ccc(C#N)cc3)cc12. The average molecular weight is 319 g/mol. The van der Waals surface area contributed by atoms with E-state index < -0.39 is 0 Å². The Kier molecular flexibility index (Phi) is 4.48. The lowest BCUT2D eigenvalue weighted by Gasteiger charge is -2.07. The fraction of sp³-hybridized carbons (Fsp3) is 0.158. The predicted molar refractivity (Wildman–Crippen MR) is 93.0 cm³/mol. The summed E-state index contributed by atoms with van der Waals surface area (Å²) in [5, 5.41) is 12.6. The predicted octanol–water partition coefficient (Wildman–Crippen LogP) is 3.62. The molecule has 2 N–H and O–H groups in total. The summed E-state index contributed by atoms with van der Waals surface area (Å²) < 4.78 is 5.71. The molecule has 0 unspecified atom stereocenters. The Balaban J connectivity index is 1.66. The highest BCUT2D eigenvalue weighted by atomic mass is 16.5. The van der Waals surface area contributed by atoms with E-state index in [-0.39, 0.29) is 5.91 Å². The molecule has 0 aliphatic carbocycles. The number of amides is 1. The number of carbonyl (C=O) groups is 1. The quantitative estimate of drug-likeness (QED) is 0.754. The molecule has 1 amide bonds. The maximum atomic E-state index is 11.2. The molecular weight excluding hydrogens is 302 g/mol. The van der Waals surface area contributed by atoms with Crippen LogP contribution in [0, 0.1) is 11.3 Å². The van der Waals surface area contributed by atoms with E-state index in [4.69, 9.17) is 10.00 Å². The zero-order valence-electron chi connectivity index (χ0n) is 13.3. The fourth-order valence-corrected chi connectivity index (χ4v) is 2.53. The van der Waals surface area contributed by atoms with Crippen LogP contribution in [-0.4, -0.2) is 17.5 Å². The van der Waals surface area contributed by atoms with Crippen molar-refractivity contribution < 1.29 is 9.53 Å². The van der Waals surface area contributed by atoms with Crippen LogP contribution in [0.2, 0.25) is 0 Å². The number of ether oxygens (including phenoxy) is 1. The van der Waals surface area contributed by atoms with Crippen LogP contribution in [0.1, 0.15) is 18.1 Å². The van der Waals surface area contributed by atoms with E-state index in [1.807, 2.05) is 12.1 Å². The largest absolute Gasteiger partial charge is 0.493 e. The van der Waals surface area contributed by atoms with Crippen molar-refractivity contribution in [1.29, 1.82) is 5.26 Å². The van der Waals surface area contributed by atoms with Gasteiger partial charge >= 0.3 is 0 Å². The molecule has 1 heterocycles. The molecular formula is C19H17N3O2. The van der Waals surface area contributed by atoms with Crippen molar-refractivity contribution in [3.8, 4) is 11.8 Å². The van der Waals surface area contributed by atoms with Gasteiger partial charge in [-0.2, -0.15) is 5.26 Å². The van der Waals surface area contributed by atoms with Gasteiger partial charge in [0, 0.05) is 30.4 Å². The van der Waals surface area contributed by atoms with E-state index in [0.29, 0.717) is 12.2 Å². The number of benzene rings is 2. The first-order valence-electron chi connectivity index (χ1n) is 7.66. The lowest BCUT2D eigenvalue weighted by Crippen LogP contribution is -2.05. The van der Waals surface area contributed by atoms with Gasteiger partial charge in [0.15, 0.2) is 0 Å². The highest BCUT2D eigenvalue weighted by Crippen LogP contribution is 2.24. The maximum Gasteiger partial charge on any atom is 0.221 e. The monoisotopic (exact) mass is 319 g/mol. The number of hydrogen-bond donors (Lipinski definition) is 2. The van der Waals surface area contributed by atoms with Crippen molar-refractivity contribution in [2.45, 2.75) is 13.3 Å². The second-order valence-corrected chi connectivity index (χ2v) is 5.50. The third-order valence-electron chi connectivity index (χ3n) is 3.70. The number of nitriles is 1. The number of aromatic nitrogens is 1. The molecule has 0 atom stereocenters. The maximum absolute atomic E-state index is 11.2. The number of carbonyl (C=O) groups excluding carboxylic acids is 1. The van der Waals surface area contributed by atoms with Gasteiger partial charge in [-0.15, -0.1) is 0 Å². The molecule has 24 heavy (non-hydrogen) atoms. The number of nitrogens with zero attached hydrogens (tertiary/aromatic N) is 1. The Bertz CT molecular complexity index is 905. The summed E-state index contributed by atoms with van der Waals surface area (Å²) in [6.45, 7) is 2.03. The van der Waals surface area contributed by atoms with Crippen molar-refractivity contribution >= 4 is 22.5 Å². The summed E-state index contributed by atoms with van der Waals surface area (Å²) in [4.78, 5) is 14.4. The molecule has 0 aliphatic heterocycles. The molecule has 3 rings (SSSR count). The van der Waals surface area contributed by atoms with Gasteiger partial charge < -0.3 is 15.0 Å². The van der Waals surface area contributed by atoms with Crippen LogP contribution in [-0.2, 0) is 11.2 Å². The average Bonchev–Trinajstić information content (AvgIpc) is 2.97. The van der Waals surface area contributed by atoms with Crippen LogP contribution in [0.3, 0.4) is 0 Å². The Morgan fingerprint density at radius 2 is 2.04 bits per heavy atom. The summed E-state index contributed by atoms with van der Waals surface area (Å²) >= 11 is 0. The Morgan fingerprint density at radius 1 is 1.25 bits per heavy atom. The first-order valence-corrected chi connectivity index (χ1v) is 7.66. The van der Waals surface area contributed by atoms with Gasteiger partial charge in [0.2, 0.25) is 5.91 Å². The molecule has 0 saturated carbocycles. The Labute approximate surface area is 139 Å². The van der Waals surface area contributed by atoms with E-state index in [2.05, 4.69) is 22.4 Å². The van der Waals surface area contributed by atoms with Crippen LogP contribution in [0.25, 0.3) is 10.9 Å². The molecule has 0 saturated heterocycles. The third kappa shape index (κ3) is 3.55. The highest BCUT2D eigenvalue weighted by molar-refractivity contribution is 6.01. The topological polar surface area (TPSA) is 77.9 Å². The molecule has 1 aromatic heterocycles. The van der Waals surface area contributed by atoms with Crippen molar-refractivity contribution in [1.82, 2.24) is 4.98 Å². The van der Waals surface area contributed by atoms with Crippen LogP contribution >= 0.6 is 0 Å². The number of H-pyrrole nitrogens is 1. The lowest BCUT2D eigenvalue weighted by atomic mass is 10.1. The molecule has 0 fully saturated rings. The number of hydrogen-bond acceptors (Lipinski definition) is 3. The number of nitrogens with one attached hydrogen (secondary N) is 2. The molecule has 5 nitrogen and oxygen atoms in total. The van der Waals surface area contributed by atoms with Gasteiger partial charge in [-0.05, 0) is 42.0 Å². The molecule has 0 aliphatic rings. The molecule has 5 heteroatoms. The molecule has 2 aromatic carbocycles. The van der Waals surface area contributed by atoms with E-state index >= 15 is 0 Å². The van der Waals surface area contributed by atoms with Crippen LogP contribution in [0.4, 0.5) is 5.69 Å². The second-order valence-electron chi connectivity index (χ2n) is 5.50. The van der Waals surface area contributed by atoms with Gasteiger partial charge in [-0.1, -0.05) is 6.07 Å². The van der Waals surface area contributed by atoms with E-state index in [1.165, 1.54) is 6.92 Å². The minimum Gasteiger partial charge on any atom is -0.493 e. The van der Waals surface area contributed by atoms with Gasteiger partial charge in [-0.25, -0.2) is 0 Å². The van der Waals surface area contributed by atoms with Crippen LogP contribution < -0.4 is 10.1 Å². The summed E-state index contributed by atoms with van der Waals surface area (Å²) in [7, 11) is 0. The van der Waals surface area contributed by atoms with Gasteiger partial charge in [0.1, 0.15) is 5.75 Å². The minimum absolute atomic E-state index is 0.0922. The van der Waals surface area contributed by atoms with Gasteiger partial charge in [0.25, 0.3) is 0 Å². The van der Waals surface area contributed by atoms with E-state index in [0.717, 1.165) is 34.3 Å². The Hall–Kier alpha value is -3.26. The second kappa shape index (κ2) is 6.88.